The van der Waals surface area contributed by atoms with Crippen molar-refractivity contribution in [1.29, 1.82) is 0 Å². The second kappa shape index (κ2) is 7.16. The molecule has 0 fully saturated rings. The third-order valence-electron chi connectivity index (χ3n) is 1.71. The molecule has 84 valence electrons. The molecule has 5 heteroatoms. The smallest absolute Gasteiger partial charge is 0.309 e. The fourth-order valence-corrected chi connectivity index (χ4v) is 2.64. The number of Topliss-reactive ketones (excluding diaryl/α,β-unsaturated/α-hetero) is 1. The fourth-order valence-electron chi connectivity index (χ4n) is 0.998. The Morgan fingerprint density at radius 2 is 1.64 bits per heavy atom. The van der Waals surface area contributed by atoms with Crippen LogP contribution >= 0.6 is 7.60 Å². The zero-order valence-electron chi connectivity index (χ0n) is 9.12. The van der Waals surface area contributed by atoms with Gasteiger partial charge in [-0.15, -0.1) is 0 Å². The van der Waals surface area contributed by atoms with Crippen LogP contribution in [0.4, 0.5) is 0 Å². The highest BCUT2D eigenvalue weighted by Crippen LogP contribution is 2.48. The van der Waals surface area contributed by atoms with E-state index >= 15 is 0 Å². The number of hydrogen-bond donors (Lipinski definition) is 0. The van der Waals surface area contributed by atoms with Gasteiger partial charge in [-0.2, -0.15) is 0 Å². The molecule has 0 radical (unpaired) electrons. The highest BCUT2D eigenvalue weighted by atomic mass is 31.2. The van der Waals surface area contributed by atoms with Crippen molar-refractivity contribution in [2.45, 2.75) is 33.6 Å². The van der Waals surface area contributed by atoms with Gasteiger partial charge in [-0.25, -0.2) is 0 Å². The third kappa shape index (κ3) is 5.53. The molecule has 0 N–H and O–H groups in total. The van der Waals surface area contributed by atoms with E-state index in [1.54, 1.807) is 20.8 Å². The average Bonchev–Trinajstić information content (AvgIpc) is 2.15. The maximum Gasteiger partial charge on any atom is 0.331 e. The van der Waals surface area contributed by atoms with Crippen LogP contribution in [-0.4, -0.2) is 25.2 Å². The van der Waals surface area contributed by atoms with Gasteiger partial charge in [-0.05, 0) is 13.8 Å². The van der Waals surface area contributed by atoms with Crippen LogP contribution in [0.2, 0.25) is 0 Å². The lowest BCUT2D eigenvalue weighted by atomic mass is 10.2. The molecule has 4 nitrogen and oxygen atoms in total. The summed E-state index contributed by atoms with van der Waals surface area (Å²) in [5, 5.41) is 0. The second-order valence-corrected chi connectivity index (χ2v) is 5.00. The molecule has 0 heterocycles. The number of rotatable bonds is 8. The summed E-state index contributed by atoms with van der Waals surface area (Å²) in [7, 11) is -3.01. The molecule has 0 aromatic rings. The zero-order chi connectivity index (χ0) is 11.0. The molecule has 0 saturated heterocycles. The van der Waals surface area contributed by atoms with Crippen molar-refractivity contribution in [2.75, 3.05) is 19.4 Å². The van der Waals surface area contributed by atoms with Gasteiger partial charge in [0.25, 0.3) is 0 Å². The van der Waals surface area contributed by atoms with E-state index in [1.807, 2.05) is 0 Å². The van der Waals surface area contributed by atoms with Crippen molar-refractivity contribution >= 4 is 13.4 Å². The van der Waals surface area contributed by atoms with E-state index in [2.05, 4.69) is 0 Å². The topological polar surface area (TPSA) is 52.6 Å². The van der Waals surface area contributed by atoms with Gasteiger partial charge in [0.2, 0.25) is 0 Å². The Balaban J connectivity index is 4.08. The summed E-state index contributed by atoms with van der Waals surface area (Å²) in [5.41, 5.74) is 0. The number of carbonyl (C=O) groups excluding carboxylic acids is 1. The van der Waals surface area contributed by atoms with E-state index in [1.165, 1.54) is 0 Å². The summed E-state index contributed by atoms with van der Waals surface area (Å²) < 4.78 is 21.9. The van der Waals surface area contributed by atoms with Crippen LogP contribution in [0.5, 0.6) is 0 Å². The lowest BCUT2D eigenvalue weighted by Crippen LogP contribution is -2.05. The molecular weight excluding hydrogens is 203 g/mol. The van der Waals surface area contributed by atoms with Crippen LogP contribution in [-0.2, 0) is 18.4 Å². The van der Waals surface area contributed by atoms with Gasteiger partial charge in [-0.1, -0.05) is 6.92 Å². The summed E-state index contributed by atoms with van der Waals surface area (Å²) in [6.45, 7) is 5.99. The minimum absolute atomic E-state index is 0.0876. The molecule has 0 aliphatic heterocycles. The Hall–Kier alpha value is -0.180. The number of carbonyl (C=O) groups is 1. The Morgan fingerprint density at radius 1 is 1.14 bits per heavy atom. The Labute approximate surface area is 85.5 Å². The molecule has 0 aromatic carbocycles. The van der Waals surface area contributed by atoms with Gasteiger partial charge in [0.05, 0.1) is 19.4 Å². The van der Waals surface area contributed by atoms with E-state index in [-0.39, 0.29) is 18.4 Å². The maximum atomic E-state index is 11.8. The van der Waals surface area contributed by atoms with Gasteiger partial charge in [0.15, 0.2) is 0 Å². The van der Waals surface area contributed by atoms with Crippen molar-refractivity contribution < 1.29 is 18.4 Å². The fraction of sp³-hybridized carbons (Fsp3) is 0.889. The Morgan fingerprint density at radius 3 is 2.00 bits per heavy atom. The van der Waals surface area contributed by atoms with Crippen LogP contribution in [0, 0.1) is 0 Å². The maximum absolute atomic E-state index is 11.8. The molecule has 0 atom stereocenters. The molecule has 0 unspecified atom stereocenters. The van der Waals surface area contributed by atoms with Crippen LogP contribution in [0.1, 0.15) is 33.6 Å². The molecule has 0 rings (SSSR count). The molecule has 0 spiro atoms. The molecule has 0 aromatic heterocycles. The molecule has 0 bridgehead atoms. The average molecular weight is 222 g/mol. The first-order valence-corrected chi connectivity index (χ1v) is 6.70. The van der Waals surface area contributed by atoms with Crippen LogP contribution in [0.25, 0.3) is 0 Å². The van der Waals surface area contributed by atoms with Gasteiger partial charge < -0.3 is 9.05 Å². The van der Waals surface area contributed by atoms with E-state index in [0.717, 1.165) is 0 Å². The second-order valence-electron chi connectivity index (χ2n) is 2.81. The number of hydrogen-bond acceptors (Lipinski definition) is 4. The minimum Gasteiger partial charge on any atom is -0.309 e. The molecular formula is C9H19O4P. The zero-order valence-corrected chi connectivity index (χ0v) is 10.0. The predicted molar refractivity (Wildman–Crippen MR) is 55.6 cm³/mol. The van der Waals surface area contributed by atoms with E-state index in [0.29, 0.717) is 19.6 Å². The van der Waals surface area contributed by atoms with E-state index in [4.69, 9.17) is 9.05 Å². The normalized spacial score (nSPS) is 11.6. The first-order valence-electron chi connectivity index (χ1n) is 4.97. The first kappa shape index (κ1) is 13.8. The van der Waals surface area contributed by atoms with E-state index in [9.17, 15) is 9.36 Å². The Bertz CT molecular complexity index is 205. The van der Waals surface area contributed by atoms with Crippen molar-refractivity contribution in [3.05, 3.63) is 0 Å². The highest BCUT2D eigenvalue weighted by molar-refractivity contribution is 7.53. The molecule has 14 heavy (non-hydrogen) atoms. The summed E-state index contributed by atoms with van der Waals surface area (Å²) in [6.07, 6.45) is 0.938. The van der Waals surface area contributed by atoms with Crippen LogP contribution in [0.3, 0.4) is 0 Å². The summed E-state index contributed by atoms with van der Waals surface area (Å²) in [5.74, 6) is 0.0876. The standard InChI is InChI=1S/C9H19O4P/c1-4-9(10)7-8-14(11,12-5-2)13-6-3/h4-8H2,1-3H3. The van der Waals surface area contributed by atoms with Crippen molar-refractivity contribution in [1.82, 2.24) is 0 Å². The minimum atomic E-state index is -3.01. The quantitative estimate of drug-likeness (QED) is 0.592. The molecule has 0 aliphatic carbocycles. The van der Waals surface area contributed by atoms with Gasteiger partial charge in [0, 0.05) is 12.8 Å². The Kier molecular flexibility index (Phi) is 7.06. The van der Waals surface area contributed by atoms with Crippen LogP contribution < -0.4 is 0 Å². The molecule has 0 amide bonds. The lowest BCUT2D eigenvalue weighted by molar-refractivity contribution is -0.118. The largest absolute Gasteiger partial charge is 0.331 e. The van der Waals surface area contributed by atoms with Crippen molar-refractivity contribution in [2.24, 2.45) is 0 Å². The van der Waals surface area contributed by atoms with Crippen molar-refractivity contribution in [3.63, 3.8) is 0 Å². The first-order chi connectivity index (χ1) is 6.58. The van der Waals surface area contributed by atoms with Gasteiger partial charge in [0.1, 0.15) is 5.78 Å². The molecule has 0 saturated carbocycles. The van der Waals surface area contributed by atoms with E-state index < -0.39 is 7.60 Å². The van der Waals surface area contributed by atoms with Crippen LogP contribution in [0.15, 0.2) is 0 Å². The molecule has 0 aliphatic rings. The lowest BCUT2D eigenvalue weighted by Gasteiger charge is -2.16. The summed E-state index contributed by atoms with van der Waals surface area (Å²) in [6, 6.07) is 0. The van der Waals surface area contributed by atoms with Crippen molar-refractivity contribution in [3.8, 4) is 0 Å². The number of ketones is 1. The van der Waals surface area contributed by atoms with Gasteiger partial charge >= 0.3 is 7.60 Å². The summed E-state index contributed by atoms with van der Waals surface area (Å²) in [4.78, 5) is 11.0. The van der Waals surface area contributed by atoms with Gasteiger partial charge in [-0.3, -0.25) is 9.36 Å². The SMILES string of the molecule is CCOP(=O)(CCC(=O)CC)OCC. The predicted octanol–water partition coefficient (Wildman–Crippen LogP) is 2.62. The third-order valence-corrected chi connectivity index (χ3v) is 3.78. The monoisotopic (exact) mass is 222 g/mol. The summed E-state index contributed by atoms with van der Waals surface area (Å²) >= 11 is 0. The highest BCUT2D eigenvalue weighted by Gasteiger charge is 2.23.